The van der Waals surface area contributed by atoms with E-state index in [1.165, 1.54) is 9.14 Å². The molecule has 0 aliphatic rings. The summed E-state index contributed by atoms with van der Waals surface area (Å²) < 4.78 is 3.48. The molecule has 0 fully saturated rings. The van der Waals surface area contributed by atoms with Crippen LogP contribution in [0.25, 0.3) is 0 Å². The van der Waals surface area contributed by atoms with Crippen molar-refractivity contribution in [2.24, 2.45) is 0 Å². The fraction of sp³-hybridized carbons (Fsp3) is 0.444. The quantitative estimate of drug-likeness (QED) is 0.698. The molecule has 23 heavy (non-hydrogen) atoms. The number of carbonyl (C=O) groups is 1. The van der Waals surface area contributed by atoms with Crippen molar-refractivity contribution in [1.29, 1.82) is 0 Å². The van der Waals surface area contributed by atoms with E-state index >= 15 is 0 Å². The molecule has 0 spiro atoms. The van der Waals surface area contributed by atoms with Crippen molar-refractivity contribution in [2.45, 2.75) is 34.7 Å². The summed E-state index contributed by atoms with van der Waals surface area (Å²) in [5.41, 5.74) is 1.84. The van der Waals surface area contributed by atoms with E-state index in [1.54, 1.807) is 17.4 Å². The molecule has 1 atom stereocenters. The van der Waals surface area contributed by atoms with E-state index < -0.39 is 18.4 Å². The predicted molar refractivity (Wildman–Crippen MR) is 98.1 cm³/mol. The van der Waals surface area contributed by atoms with E-state index in [9.17, 15) is 4.79 Å². The second-order valence-electron chi connectivity index (χ2n) is 7.05. The van der Waals surface area contributed by atoms with Crippen LogP contribution in [-0.2, 0) is 0 Å². The van der Waals surface area contributed by atoms with Crippen LogP contribution in [0.4, 0.5) is 0 Å². The number of aromatic nitrogens is 2. The van der Waals surface area contributed by atoms with Crippen LogP contribution in [0.5, 0.6) is 0 Å². The van der Waals surface area contributed by atoms with E-state index in [0.29, 0.717) is 12.2 Å². The Labute approximate surface area is 143 Å². The van der Waals surface area contributed by atoms with Gasteiger partial charge in [0.1, 0.15) is 0 Å². The van der Waals surface area contributed by atoms with Crippen LogP contribution in [0, 0.1) is 0 Å². The first-order chi connectivity index (χ1) is 10.8. The van der Waals surface area contributed by atoms with Gasteiger partial charge < -0.3 is 0 Å². The van der Waals surface area contributed by atoms with Crippen LogP contribution in [0.1, 0.15) is 35.9 Å². The molecule has 0 radical (unpaired) electrons. The molecular formula is C18H27N3OSn. The Morgan fingerprint density at radius 2 is 1.87 bits per heavy atom. The van der Waals surface area contributed by atoms with Gasteiger partial charge in [-0.3, -0.25) is 0 Å². The molecule has 1 amide bonds. The molecule has 2 rings (SSSR count). The van der Waals surface area contributed by atoms with Crippen LogP contribution < -0.4 is 3.58 Å². The SMILES string of the molecule is CCN(C)C(=O)c1cncn1[C@H](C)c1cc[c]([Sn]([CH3])([CH3])[CH3])cc1. The topological polar surface area (TPSA) is 38.1 Å². The van der Waals surface area contributed by atoms with Gasteiger partial charge in [-0.1, -0.05) is 0 Å². The number of hydrogen-bond donors (Lipinski definition) is 0. The molecule has 0 saturated carbocycles. The van der Waals surface area contributed by atoms with Gasteiger partial charge in [0.2, 0.25) is 0 Å². The van der Waals surface area contributed by atoms with E-state index in [-0.39, 0.29) is 11.9 Å². The van der Waals surface area contributed by atoms with Crippen LogP contribution in [-0.4, -0.2) is 52.3 Å². The molecule has 1 aromatic carbocycles. The van der Waals surface area contributed by atoms with Crippen molar-refractivity contribution in [3.63, 3.8) is 0 Å². The summed E-state index contributed by atoms with van der Waals surface area (Å²) in [4.78, 5) is 25.6. The van der Waals surface area contributed by atoms with Crippen molar-refractivity contribution in [2.75, 3.05) is 13.6 Å². The van der Waals surface area contributed by atoms with Crippen molar-refractivity contribution in [3.05, 3.63) is 48.0 Å². The zero-order valence-electron chi connectivity index (χ0n) is 15.0. The van der Waals surface area contributed by atoms with E-state index in [1.807, 2.05) is 18.5 Å². The second kappa shape index (κ2) is 7.07. The van der Waals surface area contributed by atoms with Gasteiger partial charge in [0.05, 0.1) is 0 Å². The van der Waals surface area contributed by atoms with Gasteiger partial charge in [-0.25, -0.2) is 0 Å². The Morgan fingerprint density at radius 3 is 2.39 bits per heavy atom. The number of rotatable bonds is 5. The van der Waals surface area contributed by atoms with Gasteiger partial charge in [-0.2, -0.15) is 0 Å². The molecule has 0 unspecified atom stereocenters. The van der Waals surface area contributed by atoms with Crippen LogP contribution in [0.3, 0.4) is 0 Å². The number of nitrogens with zero attached hydrogens (tertiary/aromatic N) is 3. The average molecular weight is 420 g/mol. The monoisotopic (exact) mass is 421 g/mol. The number of benzene rings is 1. The van der Waals surface area contributed by atoms with Crippen LogP contribution >= 0.6 is 0 Å². The molecule has 0 N–H and O–H groups in total. The van der Waals surface area contributed by atoms with Gasteiger partial charge in [0, 0.05) is 0 Å². The Kier molecular flexibility index (Phi) is 5.55. The van der Waals surface area contributed by atoms with Crippen LogP contribution in [0.15, 0.2) is 36.8 Å². The Bertz CT molecular complexity index is 670. The summed E-state index contributed by atoms with van der Waals surface area (Å²) in [5.74, 6) is 0.0133. The maximum absolute atomic E-state index is 12.5. The third kappa shape index (κ3) is 3.97. The van der Waals surface area contributed by atoms with Crippen molar-refractivity contribution in [3.8, 4) is 0 Å². The summed E-state index contributed by atoms with van der Waals surface area (Å²) in [6.07, 6.45) is 3.41. The molecule has 0 aliphatic carbocycles. The minimum absolute atomic E-state index is 0.0133. The molecule has 5 heteroatoms. The van der Waals surface area contributed by atoms with Gasteiger partial charge in [-0.05, 0) is 0 Å². The first-order valence-corrected chi connectivity index (χ1v) is 18.1. The normalized spacial score (nSPS) is 13.0. The molecule has 2 aromatic rings. The predicted octanol–water partition coefficient (Wildman–Crippen LogP) is 3.13. The average Bonchev–Trinajstić information content (AvgIpc) is 3.01. The molecule has 1 heterocycles. The molecule has 1 aromatic heterocycles. The molecule has 0 saturated heterocycles. The van der Waals surface area contributed by atoms with Crippen LogP contribution in [0.2, 0.25) is 14.8 Å². The summed E-state index contributed by atoms with van der Waals surface area (Å²) >= 11 is -2.02. The molecular weight excluding hydrogens is 393 g/mol. The van der Waals surface area contributed by atoms with Crippen molar-refractivity contribution in [1.82, 2.24) is 14.5 Å². The number of hydrogen-bond acceptors (Lipinski definition) is 2. The number of imidazole rings is 1. The third-order valence-corrected chi connectivity index (χ3v) is 10.3. The minimum atomic E-state index is -2.02. The third-order valence-electron chi connectivity index (χ3n) is 4.38. The summed E-state index contributed by atoms with van der Waals surface area (Å²) in [6, 6.07) is 9.00. The van der Waals surface area contributed by atoms with E-state index in [2.05, 4.69) is 51.0 Å². The first-order valence-electron chi connectivity index (χ1n) is 8.13. The molecule has 0 aliphatic heterocycles. The van der Waals surface area contributed by atoms with Gasteiger partial charge in [0.25, 0.3) is 0 Å². The maximum atomic E-state index is 12.5. The van der Waals surface area contributed by atoms with E-state index in [0.717, 1.165) is 0 Å². The standard InChI is InChI=1S/C15H18N3O.3CH3.Sn/c1-4-17(3)15(19)14-10-16-11-18(14)12(2)13-8-6-5-7-9-13;;;;/h6-12H,4H2,1-3H3;3*1H3;/t12-;;;;/m1..../s1. The fourth-order valence-electron chi connectivity index (χ4n) is 2.54. The zero-order valence-corrected chi connectivity index (χ0v) is 17.9. The molecule has 124 valence electrons. The van der Waals surface area contributed by atoms with Crippen molar-refractivity contribution < 1.29 is 4.79 Å². The number of amides is 1. The summed E-state index contributed by atoms with van der Waals surface area (Å²) in [6.45, 7) is 4.77. The van der Waals surface area contributed by atoms with Gasteiger partial charge in [-0.15, -0.1) is 0 Å². The first kappa shape index (κ1) is 18.0. The zero-order chi connectivity index (χ0) is 17.2. The molecule has 4 nitrogen and oxygen atoms in total. The Balaban J connectivity index is 2.30. The molecule has 0 bridgehead atoms. The van der Waals surface area contributed by atoms with Crippen molar-refractivity contribution >= 4 is 27.9 Å². The Morgan fingerprint density at radius 1 is 1.26 bits per heavy atom. The Hall–Kier alpha value is -1.30. The second-order valence-corrected chi connectivity index (χ2v) is 21.5. The van der Waals surface area contributed by atoms with Gasteiger partial charge in [0.15, 0.2) is 0 Å². The number of carbonyl (C=O) groups excluding carboxylic acids is 1. The summed E-state index contributed by atoms with van der Waals surface area (Å²) in [5, 5.41) is 0. The van der Waals surface area contributed by atoms with Gasteiger partial charge >= 0.3 is 143 Å². The summed E-state index contributed by atoms with van der Waals surface area (Å²) in [7, 11) is 1.81. The fourth-order valence-corrected chi connectivity index (χ4v) is 5.87. The van der Waals surface area contributed by atoms with E-state index in [4.69, 9.17) is 0 Å².